The van der Waals surface area contributed by atoms with Gasteiger partial charge in [-0.1, -0.05) is 30.3 Å². The third-order valence-electron chi connectivity index (χ3n) is 5.03. The van der Waals surface area contributed by atoms with Gasteiger partial charge in [-0.3, -0.25) is 0 Å². The minimum atomic E-state index is 0.0798. The molecular formula is C23H24N2O3. The van der Waals surface area contributed by atoms with Crippen molar-refractivity contribution >= 4 is 10.9 Å². The zero-order chi connectivity index (χ0) is 19.3. The fourth-order valence-corrected chi connectivity index (χ4v) is 3.71. The van der Waals surface area contributed by atoms with Crippen molar-refractivity contribution in [2.24, 2.45) is 0 Å². The van der Waals surface area contributed by atoms with Crippen LogP contribution < -0.4 is 14.8 Å². The Bertz CT molecular complexity index is 1040. The van der Waals surface area contributed by atoms with E-state index in [2.05, 4.69) is 40.8 Å². The Hall–Kier alpha value is -3.18. The number of furan rings is 1. The number of hydrogen-bond donors (Lipinski definition) is 2. The van der Waals surface area contributed by atoms with Crippen LogP contribution in [0.4, 0.5) is 0 Å². The van der Waals surface area contributed by atoms with Crippen molar-refractivity contribution in [2.75, 3.05) is 20.8 Å². The Morgan fingerprint density at radius 2 is 1.86 bits per heavy atom. The van der Waals surface area contributed by atoms with Crippen molar-refractivity contribution in [1.29, 1.82) is 0 Å². The average Bonchev–Trinajstić information content (AvgIpc) is 3.40. The molecule has 0 saturated carbocycles. The molecule has 0 amide bonds. The SMILES string of the molecule is COc1cccc([C@H](CNCc2ccco2)c2c[nH]c3ccccc23)c1OC. The van der Waals surface area contributed by atoms with Crippen LogP contribution in [0.5, 0.6) is 11.5 Å². The van der Waals surface area contributed by atoms with Gasteiger partial charge in [0.2, 0.25) is 0 Å². The number of hydrogen-bond acceptors (Lipinski definition) is 4. The van der Waals surface area contributed by atoms with Crippen LogP contribution >= 0.6 is 0 Å². The van der Waals surface area contributed by atoms with Crippen molar-refractivity contribution in [3.63, 3.8) is 0 Å². The van der Waals surface area contributed by atoms with Crippen molar-refractivity contribution in [3.05, 3.63) is 83.9 Å². The molecule has 4 rings (SSSR count). The number of rotatable bonds is 8. The van der Waals surface area contributed by atoms with Crippen molar-refractivity contribution in [1.82, 2.24) is 10.3 Å². The summed E-state index contributed by atoms with van der Waals surface area (Å²) in [4.78, 5) is 3.39. The standard InChI is InChI=1S/C23H24N2O3/c1-26-22-11-5-9-18(23(22)27-2)19(14-24-13-16-7-6-12-28-16)20-15-25-21-10-4-3-8-17(20)21/h3-12,15,19,24-25H,13-14H2,1-2H3/t19-/m0/s1. The van der Waals surface area contributed by atoms with Crippen LogP contribution in [0.1, 0.15) is 22.8 Å². The number of fused-ring (bicyclic) bond motifs is 1. The molecule has 144 valence electrons. The summed E-state index contributed by atoms with van der Waals surface area (Å²) in [7, 11) is 3.35. The maximum atomic E-state index is 5.73. The molecule has 0 aliphatic carbocycles. The third kappa shape index (κ3) is 3.49. The summed E-state index contributed by atoms with van der Waals surface area (Å²) < 4.78 is 16.7. The summed E-state index contributed by atoms with van der Waals surface area (Å²) in [5.41, 5.74) is 3.42. The molecule has 0 unspecified atom stereocenters. The average molecular weight is 376 g/mol. The first kappa shape index (κ1) is 18.2. The lowest BCUT2D eigenvalue weighted by Crippen LogP contribution is -2.22. The van der Waals surface area contributed by atoms with Gasteiger partial charge in [0.15, 0.2) is 11.5 Å². The topological polar surface area (TPSA) is 59.4 Å². The zero-order valence-corrected chi connectivity index (χ0v) is 16.1. The van der Waals surface area contributed by atoms with E-state index in [1.165, 1.54) is 10.9 Å². The summed E-state index contributed by atoms with van der Waals surface area (Å²) >= 11 is 0. The van der Waals surface area contributed by atoms with E-state index in [1.54, 1.807) is 20.5 Å². The van der Waals surface area contributed by atoms with E-state index in [0.29, 0.717) is 6.54 Å². The van der Waals surface area contributed by atoms with Gasteiger partial charge in [0.1, 0.15) is 5.76 Å². The lowest BCUT2D eigenvalue weighted by molar-refractivity contribution is 0.350. The molecule has 0 fully saturated rings. The Kier molecular flexibility index (Phi) is 5.35. The van der Waals surface area contributed by atoms with Crippen LogP contribution in [0.25, 0.3) is 10.9 Å². The first-order valence-electron chi connectivity index (χ1n) is 9.31. The van der Waals surface area contributed by atoms with Crippen LogP contribution in [0.2, 0.25) is 0 Å². The number of methoxy groups -OCH3 is 2. The second kappa shape index (κ2) is 8.23. The van der Waals surface area contributed by atoms with Crippen molar-refractivity contribution in [3.8, 4) is 11.5 Å². The third-order valence-corrected chi connectivity index (χ3v) is 5.03. The van der Waals surface area contributed by atoms with Gasteiger partial charge in [-0.25, -0.2) is 0 Å². The summed E-state index contributed by atoms with van der Waals surface area (Å²) in [6.07, 6.45) is 3.78. The molecule has 0 saturated heterocycles. The van der Waals surface area contributed by atoms with Gasteiger partial charge in [-0.05, 0) is 29.8 Å². The number of H-pyrrole nitrogens is 1. The lowest BCUT2D eigenvalue weighted by Gasteiger charge is -2.22. The highest BCUT2D eigenvalue weighted by molar-refractivity contribution is 5.84. The van der Waals surface area contributed by atoms with Gasteiger partial charge >= 0.3 is 0 Å². The minimum Gasteiger partial charge on any atom is -0.493 e. The molecule has 1 atom stereocenters. The molecule has 0 aliphatic heterocycles. The van der Waals surface area contributed by atoms with E-state index in [9.17, 15) is 0 Å². The number of aromatic nitrogens is 1. The predicted molar refractivity (Wildman–Crippen MR) is 110 cm³/mol. The smallest absolute Gasteiger partial charge is 0.164 e. The van der Waals surface area contributed by atoms with Crippen molar-refractivity contribution in [2.45, 2.75) is 12.5 Å². The monoisotopic (exact) mass is 376 g/mol. The van der Waals surface area contributed by atoms with E-state index >= 15 is 0 Å². The van der Waals surface area contributed by atoms with Gasteiger partial charge in [0.25, 0.3) is 0 Å². The zero-order valence-electron chi connectivity index (χ0n) is 16.1. The molecule has 5 nitrogen and oxygen atoms in total. The Morgan fingerprint density at radius 3 is 2.64 bits per heavy atom. The van der Waals surface area contributed by atoms with Crippen LogP contribution in [0, 0.1) is 0 Å². The second-order valence-electron chi connectivity index (χ2n) is 6.64. The normalized spacial score (nSPS) is 12.2. The fraction of sp³-hybridized carbons (Fsp3) is 0.217. The largest absolute Gasteiger partial charge is 0.493 e. The van der Waals surface area contributed by atoms with E-state index in [4.69, 9.17) is 13.9 Å². The maximum Gasteiger partial charge on any atom is 0.164 e. The molecular weight excluding hydrogens is 352 g/mol. The van der Waals surface area contributed by atoms with E-state index < -0.39 is 0 Å². The lowest BCUT2D eigenvalue weighted by atomic mass is 9.90. The van der Waals surface area contributed by atoms with E-state index in [1.807, 2.05) is 30.3 Å². The van der Waals surface area contributed by atoms with Gasteiger partial charge < -0.3 is 24.2 Å². The minimum absolute atomic E-state index is 0.0798. The Morgan fingerprint density at radius 1 is 0.964 bits per heavy atom. The molecule has 2 heterocycles. The summed E-state index contributed by atoms with van der Waals surface area (Å²) in [5, 5.41) is 4.73. The van der Waals surface area contributed by atoms with Crippen LogP contribution in [-0.2, 0) is 6.54 Å². The highest BCUT2D eigenvalue weighted by atomic mass is 16.5. The molecule has 5 heteroatoms. The van der Waals surface area contributed by atoms with Gasteiger partial charge in [0, 0.05) is 35.1 Å². The molecule has 0 radical (unpaired) electrons. The van der Waals surface area contributed by atoms with Gasteiger partial charge in [-0.2, -0.15) is 0 Å². The molecule has 0 spiro atoms. The Labute approximate surface area is 164 Å². The number of benzene rings is 2. The van der Waals surface area contributed by atoms with Crippen LogP contribution in [0.3, 0.4) is 0 Å². The molecule has 4 aromatic rings. The predicted octanol–water partition coefficient (Wildman–Crippen LogP) is 4.70. The molecule has 0 bridgehead atoms. The van der Waals surface area contributed by atoms with Crippen LogP contribution in [0.15, 0.2) is 71.5 Å². The fourth-order valence-electron chi connectivity index (χ4n) is 3.71. The summed E-state index contributed by atoms with van der Waals surface area (Å²) in [6, 6.07) is 18.2. The highest BCUT2D eigenvalue weighted by Crippen LogP contribution is 2.40. The van der Waals surface area contributed by atoms with E-state index in [-0.39, 0.29) is 5.92 Å². The summed E-state index contributed by atoms with van der Waals surface area (Å²) in [6.45, 7) is 1.39. The first-order valence-corrected chi connectivity index (χ1v) is 9.31. The summed E-state index contributed by atoms with van der Waals surface area (Å²) in [5.74, 6) is 2.49. The van der Waals surface area contributed by atoms with Gasteiger partial charge in [-0.15, -0.1) is 0 Å². The quantitative estimate of drug-likeness (QED) is 0.468. The van der Waals surface area contributed by atoms with Crippen LogP contribution in [-0.4, -0.2) is 25.7 Å². The van der Waals surface area contributed by atoms with E-state index in [0.717, 1.165) is 34.9 Å². The molecule has 2 aromatic carbocycles. The number of ether oxygens (including phenoxy) is 2. The highest BCUT2D eigenvalue weighted by Gasteiger charge is 2.23. The molecule has 2 aromatic heterocycles. The number of aromatic amines is 1. The molecule has 0 aliphatic rings. The number of nitrogens with one attached hydrogen (secondary N) is 2. The first-order chi connectivity index (χ1) is 13.8. The second-order valence-corrected chi connectivity index (χ2v) is 6.64. The van der Waals surface area contributed by atoms with Gasteiger partial charge in [0.05, 0.1) is 27.0 Å². The Balaban J connectivity index is 1.73. The van der Waals surface area contributed by atoms with Crippen molar-refractivity contribution < 1.29 is 13.9 Å². The maximum absolute atomic E-state index is 5.73. The molecule has 28 heavy (non-hydrogen) atoms. The molecule has 2 N–H and O–H groups in total. The number of para-hydroxylation sites is 2.